The predicted molar refractivity (Wildman–Crippen MR) is 130 cm³/mol. The lowest BCUT2D eigenvalue weighted by Gasteiger charge is -2.14. The lowest BCUT2D eigenvalue weighted by molar-refractivity contribution is -0.122. The van der Waals surface area contributed by atoms with E-state index in [0.717, 1.165) is 10.8 Å². The summed E-state index contributed by atoms with van der Waals surface area (Å²) in [6.07, 6.45) is 0. The Balaban J connectivity index is 1.70. The predicted octanol–water partition coefficient (Wildman–Crippen LogP) is 0.783. The van der Waals surface area contributed by atoms with Crippen molar-refractivity contribution in [3.8, 4) is 0 Å². The number of nitrogens with one attached hydrogen (secondary N) is 4. The molecule has 6 N–H and O–H groups in total. The molecule has 0 saturated carbocycles. The van der Waals surface area contributed by atoms with Gasteiger partial charge in [-0.25, -0.2) is 13.9 Å². The van der Waals surface area contributed by atoms with Crippen LogP contribution in [-0.4, -0.2) is 38.0 Å². The number of rotatable bonds is 10. The Morgan fingerprint density at radius 2 is 1.85 bits per heavy atom. The Kier molecular flexibility index (Phi) is 7.87. The summed E-state index contributed by atoms with van der Waals surface area (Å²) in [7, 11) is -3.90. The SMILES string of the molecule is Cc1ccc(NS(=O)(=O)Cc2cccc3ccccc23)c(=O)n1CC(=O)NCCONC(=N)N. The number of nitrogens with two attached hydrogens (primary N) is 1. The number of guanidine groups is 1. The van der Waals surface area contributed by atoms with Gasteiger partial charge in [0.15, 0.2) is 0 Å². The number of benzene rings is 2. The Morgan fingerprint density at radius 3 is 2.62 bits per heavy atom. The normalized spacial score (nSPS) is 11.2. The fourth-order valence-electron chi connectivity index (χ4n) is 3.34. The molecule has 0 radical (unpaired) electrons. The van der Waals surface area contributed by atoms with E-state index in [1.165, 1.54) is 10.6 Å². The third-order valence-corrected chi connectivity index (χ3v) is 6.12. The second kappa shape index (κ2) is 10.8. The van der Waals surface area contributed by atoms with Crippen LogP contribution in [0.5, 0.6) is 0 Å². The molecule has 0 aliphatic carbocycles. The van der Waals surface area contributed by atoms with Crippen molar-refractivity contribution < 1.29 is 18.0 Å². The van der Waals surface area contributed by atoms with Crippen LogP contribution in [0.2, 0.25) is 0 Å². The molecule has 0 aliphatic heterocycles. The summed E-state index contributed by atoms with van der Waals surface area (Å²) < 4.78 is 29.2. The highest BCUT2D eigenvalue weighted by Crippen LogP contribution is 2.21. The van der Waals surface area contributed by atoms with E-state index in [9.17, 15) is 18.0 Å². The van der Waals surface area contributed by atoms with Gasteiger partial charge in [-0.15, -0.1) is 0 Å². The van der Waals surface area contributed by atoms with Gasteiger partial charge in [-0.2, -0.15) is 0 Å². The molecular weight excluding hydrogens is 460 g/mol. The molecule has 2 aromatic carbocycles. The summed E-state index contributed by atoms with van der Waals surface area (Å²) in [6.45, 7) is 1.50. The molecule has 0 atom stereocenters. The second-order valence-electron chi connectivity index (χ2n) is 7.49. The third kappa shape index (κ3) is 6.56. The molecule has 3 aromatic rings. The highest BCUT2D eigenvalue weighted by Gasteiger charge is 2.17. The maximum atomic E-state index is 12.9. The van der Waals surface area contributed by atoms with Crippen LogP contribution >= 0.6 is 0 Å². The highest BCUT2D eigenvalue weighted by atomic mass is 32.2. The summed E-state index contributed by atoms with van der Waals surface area (Å²) in [5, 5.41) is 11.3. The van der Waals surface area contributed by atoms with Gasteiger partial charge in [0.25, 0.3) is 5.56 Å². The number of aromatic nitrogens is 1. The lowest BCUT2D eigenvalue weighted by Crippen LogP contribution is -2.37. The van der Waals surface area contributed by atoms with E-state index >= 15 is 0 Å². The molecule has 180 valence electrons. The number of hydrogen-bond donors (Lipinski definition) is 5. The maximum Gasteiger partial charge on any atom is 0.275 e. The van der Waals surface area contributed by atoms with E-state index in [-0.39, 0.29) is 37.1 Å². The molecule has 0 unspecified atom stereocenters. The summed E-state index contributed by atoms with van der Waals surface area (Å²) in [5.41, 5.74) is 7.52. The van der Waals surface area contributed by atoms with E-state index in [0.29, 0.717) is 11.3 Å². The van der Waals surface area contributed by atoms with Crippen LogP contribution in [0.25, 0.3) is 10.8 Å². The van der Waals surface area contributed by atoms with Crippen molar-refractivity contribution in [2.24, 2.45) is 5.73 Å². The standard InChI is InChI=1S/C22H26N6O5S/c1-15-9-10-19(21(30)28(15)13-20(29)25-11-12-33-26-22(23)24)27-34(31,32)14-17-7-4-6-16-5-2-3-8-18(16)17/h2-10,27H,11-14H2,1H3,(H,25,29)(H4,23,24,26). The van der Waals surface area contributed by atoms with Crippen molar-refractivity contribution in [2.75, 3.05) is 17.9 Å². The molecule has 0 aliphatic rings. The molecule has 1 heterocycles. The van der Waals surface area contributed by atoms with Crippen LogP contribution < -0.4 is 26.8 Å². The van der Waals surface area contributed by atoms with Gasteiger partial charge < -0.3 is 15.6 Å². The van der Waals surface area contributed by atoms with Gasteiger partial charge in [-0.05, 0) is 35.4 Å². The van der Waals surface area contributed by atoms with Crippen LogP contribution in [0.1, 0.15) is 11.3 Å². The van der Waals surface area contributed by atoms with Gasteiger partial charge in [0, 0.05) is 12.2 Å². The number of carbonyl (C=O) groups is 1. The molecule has 3 rings (SSSR count). The van der Waals surface area contributed by atoms with Gasteiger partial charge in [0.2, 0.25) is 21.9 Å². The number of pyridine rings is 1. The second-order valence-corrected chi connectivity index (χ2v) is 9.22. The van der Waals surface area contributed by atoms with Crippen molar-refractivity contribution >= 4 is 38.3 Å². The number of hydroxylamine groups is 1. The van der Waals surface area contributed by atoms with Crippen LogP contribution in [0.3, 0.4) is 0 Å². The van der Waals surface area contributed by atoms with Crippen molar-refractivity contribution in [3.05, 3.63) is 76.2 Å². The molecule has 0 fully saturated rings. The molecule has 12 heteroatoms. The Bertz CT molecular complexity index is 1360. The molecule has 0 bridgehead atoms. The maximum absolute atomic E-state index is 12.9. The molecule has 0 saturated heterocycles. The Labute approximate surface area is 196 Å². The lowest BCUT2D eigenvalue weighted by atomic mass is 10.1. The van der Waals surface area contributed by atoms with E-state index in [1.807, 2.05) is 30.3 Å². The molecule has 1 aromatic heterocycles. The summed E-state index contributed by atoms with van der Waals surface area (Å²) in [5.74, 6) is -1.14. The summed E-state index contributed by atoms with van der Waals surface area (Å²) in [4.78, 5) is 30.0. The monoisotopic (exact) mass is 486 g/mol. The molecule has 1 amide bonds. The quantitative estimate of drug-likeness (QED) is 0.122. The summed E-state index contributed by atoms with van der Waals surface area (Å²) >= 11 is 0. The van der Waals surface area contributed by atoms with Gasteiger partial charge in [-0.1, -0.05) is 42.5 Å². The van der Waals surface area contributed by atoms with Crippen molar-refractivity contribution in [3.63, 3.8) is 0 Å². The number of carbonyl (C=O) groups excluding carboxylic acids is 1. The first kappa shape index (κ1) is 24.7. The smallest absolute Gasteiger partial charge is 0.275 e. The number of aryl methyl sites for hydroxylation is 1. The molecule has 34 heavy (non-hydrogen) atoms. The Morgan fingerprint density at radius 1 is 1.12 bits per heavy atom. The number of anilines is 1. The largest absolute Gasteiger partial charge is 0.368 e. The average molecular weight is 487 g/mol. The zero-order valence-electron chi connectivity index (χ0n) is 18.5. The summed E-state index contributed by atoms with van der Waals surface area (Å²) in [6, 6.07) is 15.8. The fraction of sp³-hybridized carbons (Fsp3) is 0.227. The molecule has 11 nitrogen and oxygen atoms in total. The van der Waals surface area contributed by atoms with Crippen molar-refractivity contribution in [2.45, 2.75) is 19.2 Å². The van der Waals surface area contributed by atoms with E-state index in [4.69, 9.17) is 16.0 Å². The number of amides is 1. The zero-order valence-corrected chi connectivity index (χ0v) is 19.3. The average Bonchev–Trinajstić information content (AvgIpc) is 2.78. The minimum atomic E-state index is -3.90. The Hall–Kier alpha value is -3.90. The zero-order chi connectivity index (χ0) is 24.7. The molecule has 0 spiro atoms. The van der Waals surface area contributed by atoms with E-state index in [1.54, 1.807) is 25.1 Å². The van der Waals surface area contributed by atoms with Crippen LogP contribution in [-0.2, 0) is 32.0 Å². The van der Waals surface area contributed by atoms with Gasteiger partial charge in [0.05, 0.1) is 12.4 Å². The van der Waals surface area contributed by atoms with Gasteiger partial charge >= 0.3 is 0 Å². The number of nitrogens with zero attached hydrogens (tertiary/aromatic N) is 1. The van der Waals surface area contributed by atoms with Crippen molar-refractivity contribution in [1.82, 2.24) is 15.4 Å². The number of fused-ring (bicyclic) bond motifs is 1. The minimum Gasteiger partial charge on any atom is -0.368 e. The fourth-order valence-corrected chi connectivity index (χ4v) is 4.57. The number of sulfonamides is 1. The van der Waals surface area contributed by atoms with Crippen LogP contribution in [0, 0.1) is 12.3 Å². The van der Waals surface area contributed by atoms with Crippen molar-refractivity contribution in [1.29, 1.82) is 5.41 Å². The van der Waals surface area contributed by atoms with E-state index < -0.39 is 21.5 Å². The minimum absolute atomic E-state index is 0.0488. The first-order valence-electron chi connectivity index (χ1n) is 10.3. The number of hydrogen-bond acceptors (Lipinski definition) is 6. The highest BCUT2D eigenvalue weighted by molar-refractivity contribution is 7.91. The van der Waals surface area contributed by atoms with Crippen LogP contribution in [0.15, 0.2) is 59.4 Å². The third-order valence-electron chi connectivity index (χ3n) is 4.89. The first-order chi connectivity index (χ1) is 16.2. The van der Waals surface area contributed by atoms with Gasteiger partial charge in [0.1, 0.15) is 12.2 Å². The first-order valence-corrected chi connectivity index (χ1v) is 12.0. The van der Waals surface area contributed by atoms with Gasteiger partial charge in [-0.3, -0.25) is 24.6 Å². The van der Waals surface area contributed by atoms with E-state index in [2.05, 4.69) is 15.5 Å². The van der Waals surface area contributed by atoms with Crippen LogP contribution in [0.4, 0.5) is 5.69 Å². The topological polar surface area (TPSA) is 168 Å². The molecular formula is C22H26N6O5S.